The van der Waals surface area contributed by atoms with Gasteiger partial charge in [0.15, 0.2) is 11.5 Å². The second-order valence-corrected chi connectivity index (χ2v) is 6.38. The molecule has 5 heteroatoms. The van der Waals surface area contributed by atoms with Crippen molar-refractivity contribution in [1.29, 1.82) is 0 Å². The van der Waals surface area contributed by atoms with E-state index in [1.54, 1.807) is 48.5 Å². The maximum atomic E-state index is 12.3. The van der Waals surface area contributed by atoms with E-state index in [9.17, 15) is 13.5 Å². The number of phenolic OH excluding ortho intramolecular Hbond substituents is 1. The molecular formula is C15H12O4S. The van der Waals surface area contributed by atoms with Gasteiger partial charge in [0, 0.05) is 0 Å². The molecule has 0 amide bonds. The number of phenols is 1. The predicted molar refractivity (Wildman–Crippen MR) is 75.2 cm³/mol. The van der Waals surface area contributed by atoms with E-state index >= 15 is 0 Å². The van der Waals surface area contributed by atoms with Crippen LogP contribution in [0, 0.1) is 0 Å². The summed E-state index contributed by atoms with van der Waals surface area (Å²) in [4.78, 5) is 0.498. The quantitative estimate of drug-likeness (QED) is 0.943. The average Bonchev–Trinajstić information content (AvgIpc) is 2.70. The molecule has 0 spiro atoms. The molecule has 1 aliphatic rings. The van der Waals surface area contributed by atoms with Crippen molar-refractivity contribution in [1.82, 2.24) is 0 Å². The second kappa shape index (κ2) is 4.68. The van der Waals surface area contributed by atoms with E-state index in [0.717, 1.165) is 0 Å². The van der Waals surface area contributed by atoms with Crippen LogP contribution in [0.3, 0.4) is 0 Å². The number of ether oxygens (including phenoxy) is 1. The zero-order chi connectivity index (χ0) is 14.2. The first-order chi connectivity index (χ1) is 9.59. The van der Waals surface area contributed by atoms with Crippen molar-refractivity contribution in [3.63, 3.8) is 0 Å². The molecule has 2 aromatic carbocycles. The fourth-order valence-electron chi connectivity index (χ4n) is 2.08. The molecule has 20 heavy (non-hydrogen) atoms. The van der Waals surface area contributed by atoms with Gasteiger partial charge in [-0.05, 0) is 29.8 Å². The lowest BCUT2D eigenvalue weighted by Crippen LogP contribution is -2.09. The van der Waals surface area contributed by atoms with Gasteiger partial charge in [0.2, 0.25) is 9.84 Å². The summed E-state index contributed by atoms with van der Waals surface area (Å²) in [5.41, 5.74) is 0.670. The van der Waals surface area contributed by atoms with Crippen LogP contribution in [0.15, 0.2) is 58.3 Å². The lowest BCUT2D eigenvalue weighted by Gasteiger charge is -2.08. The van der Waals surface area contributed by atoms with Gasteiger partial charge < -0.3 is 9.84 Å². The summed E-state index contributed by atoms with van der Waals surface area (Å²) in [6.07, 6.45) is 1.60. The van der Waals surface area contributed by atoms with Crippen LogP contribution in [0.5, 0.6) is 11.5 Å². The van der Waals surface area contributed by atoms with Crippen LogP contribution in [-0.4, -0.2) is 20.1 Å². The minimum absolute atomic E-state index is 0.0130. The molecule has 0 unspecified atom stereocenters. The summed E-state index contributed by atoms with van der Waals surface area (Å²) >= 11 is 0. The Kier molecular flexibility index (Phi) is 2.99. The van der Waals surface area contributed by atoms with Gasteiger partial charge in [-0.2, -0.15) is 0 Å². The molecule has 1 aliphatic heterocycles. The molecule has 0 saturated heterocycles. The Morgan fingerprint density at radius 1 is 1.00 bits per heavy atom. The number of hydrogen-bond donors (Lipinski definition) is 1. The largest absolute Gasteiger partial charge is 0.504 e. The van der Waals surface area contributed by atoms with Crippen LogP contribution < -0.4 is 4.74 Å². The molecular weight excluding hydrogens is 276 g/mol. The molecule has 0 radical (unpaired) electrons. The van der Waals surface area contributed by atoms with E-state index in [-0.39, 0.29) is 23.0 Å². The van der Waals surface area contributed by atoms with E-state index in [4.69, 9.17) is 4.74 Å². The van der Waals surface area contributed by atoms with E-state index in [2.05, 4.69) is 0 Å². The zero-order valence-corrected chi connectivity index (χ0v) is 11.3. The number of fused-ring (bicyclic) bond motifs is 1. The molecule has 0 saturated carbocycles. The molecule has 1 heterocycles. The molecule has 3 rings (SSSR count). The average molecular weight is 288 g/mol. The summed E-state index contributed by atoms with van der Waals surface area (Å²) in [6.45, 7) is -0.103. The van der Waals surface area contributed by atoms with Gasteiger partial charge >= 0.3 is 0 Å². The van der Waals surface area contributed by atoms with E-state index < -0.39 is 9.84 Å². The fourth-order valence-corrected chi connectivity index (χ4v) is 3.56. The second-order valence-electron chi connectivity index (χ2n) is 4.41. The number of para-hydroxylation sites is 2. The topological polar surface area (TPSA) is 63.6 Å². The maximum Gasteiger partial charge on any atom is 0.206 e. The minimum atomic E-state index is -3.47. The van der Waals surface area contributed by atoms with Gasteiger partial charge in [0.25, 0.3) is 0 Å². The van der Waals surface area contributed by atoms with Crippen LogP contribution in [0.4, 0.5) is 0 Å². The highest BCUT2D eigenvalue weighted by Gasteiger charge is 2.29. The lowest BCUT2D eigenvalue weighted by atomic mass is 10.2. The van der Waals surface area contributed by atoms with E-state index in [1.165, 1.54) is 6.07 Å². The van der Waals surface area contributed by atoms with Crippen LogP contribution in [0.2, 0.25) is 0 Å². The van der Waals surface area contributed by atoms with Crippen molar-refractivity contribution < 1.29 is 18.3 Å². The third kappa shape index (κ3) is 2.06. The van der Waals surface area contributed by atoms with Gasteiger partial charge in [-0.3, -0.25) is 0 Å². The van der Waals surface area contributed by atoms with E-state index in [1.807, 2.05) is 0 Å². The van der Waals surface area contributed by atoms with Crippen molar-refractivity contribution in [2.75, 3.05) is 6.61 Å². The Labute approximate surface area is 116 Å². The molecule has 0 bridgehead atoms. The molecule has 2 aromatic rings. The first-order valence-electron chi connectivity index (χ1n) is 6.04. The van der Waals surface area contributed by atoms with Crippen molar-refractivity contribution in [2.45, 2.75) is 4.90 Å². The monoisotopic (exact) mass is 288 g/mol. The minimum Gasteiger partial charge on any atom is -0.504 e. The third-order valence-electron chi connectivity index (χ3n) is 3.11. The molecule has 1 N–H and O–H groups in total. The standard InChI is InChI=1S/C15H12O4S/c16-13-6-2-3-7-14(13)19-10-12-9-11-5-1-4-8-15(11)20(12,17)18/h1-9,16H,10H2. The number of rotatable bonds is 3. The summed E-state index contributed by atoms with van der Waals surface area (Å²) in [5.74, 6) is 0.251. The van der Waals surface area contributed by atoms with Crippen molar-refractivity contribution in [2.24, 2.45) is 0 Å². The molecule has 0 atom stereocenters. The molecule has 0 aliphatic carbocycles. The molecule has 4 nitrogen and oxygen atoms in total. The number of benzene rings is 2. The van der Waals surface area contributed by atoms with Crippen LogP contribution in [0.1, 0.15) is 5.56 Å². The Bertz CT molecular complexity index is 791. The summed E-state index contributed by atoms with van der Waals surface area (Å²) in [7, 11) is -3.47. The van der Waals surface area contributed by atoms with Gasteiger partial charge in [-0.1, -0.05) is 30.3 Å². The number of aromatic hydroxyl groups is 1. The van der Waals surface area contributed by atoms with E-state index in [0.29, 0.717) is 10.5 Å². The Hall–Kier alpha value is -2.27. The SMILES string of the molecule is O=S1(=O)C(COc2ccccc2O)=Cc2ccccc21. The van der Waals surface area contributed by atoms with Crippen molar-refractivity contribution >= 4 is 15.9 Å². The highest BCUT2D eigenvalue weighted by Crippen LogP contribution is 2.33. The van der Waals surface area contributed by atoms with Crippen LogP contribution in [0.25, 0.3) is 6.08 Å². The van der Waals surface area contributed by atoms with Crippen LogP contribution >= 0.6 is 0 Å². The van der Waals surface area contributed by atoms with Gasteiger partial charge in [0.05, 0.1) is 9.80 Å². The summed E-state index contributed by atoms with van der Waals surface area (Å²) in [5, 5.41) is 9.59. The van der Waals surface area contributed by atoms with Crippen molar-refractivity contribution in [3.05, 3.63) is 59.0 Å². The molecule has 102 valence electrons. The first-order valence-corrected chi connectivity index (χ1v) is 7.53. The van der Waals surface area contributed by atoms with Gasteiger partial charge in [-0.25, -0.2) is 8.42 Å². The highest BCUT2D eigenvalue weighted by molar-refractivity contribution is 7.95. The third-order valence-corrected chi connectivity index (χ3v) is 4.98. The summed E-state index contributed by atoms with van der Waals surface area (Å²) in [6, 6.07) is 13.3. The summed E-state index contributed by atoms with van der Waals surface area (Å²) < 4.78 is 29.9. The Morgan fingerprint density at radius 2 is 1.70 bits per heavy atom. The number of hydrogen-bond acceptors (Lipinski definition) is 4. The zero-order valence-electron chi connectivity index (χ0n) is 10.5. The highest BCUT2D eigenvalue weighted by atomic mass is 32.2. The number of sulfone groups is 1. The lowest BCUT2D eigenvalue weighted by molar-refractivity contribution is 0.333. The first kappa shape index (κ1) is 12.7. The smallest absolute Gasteiger partial charge is 0.206 e. The molecule has 0 aromatic heterocycles. The normalized spacial score (nSPS) is 15.5. The van der Waals surface area contributed by atoms with Gasteiger partial charge in [0.1, 0.15) is 6.61 Å². The fraction of sp³-hybridized carbons (Fsp3) is 0.0667. The maximum absolute atomic E-state index is 12.3. The Balaban J connectivity index is 1.86. The van der Waals surface area contributed by atoms with Gasteiger partial charge in [-0.15, -0.1) is 0 Å². The Morgan fingerprint density at radius 3 is 2.45 bits per heavy atom. The predicted octanol–water partition coefficient (Wildman–Crippen LogP) is 2.60. The molecule has 0 fully saturated rings. The van der Waals surface area contributed by atoms with Crippen molar-refractivity contribution in [3.8, 4) is 11.5 Å². The van der Waals surface area contributed by atoms with Crippen LogP contribution in [-0.2, 0) is 9.84 Å².